The lowest BCUT2D eigenvalue weighted by atomic mass is 10.1. The first-order valence-corrected chi connectivity index (χ1v) is 9.76. The standard InChI is InChI=1S/C21H33N5O3/c1-15-12-16(2)26(25-15)11-7-9-23-21(22-3)24-10-8-18-19(28-5)13-17(27-4)14-20(18)29-6/h12-14H,7-11H2,1-6H3,(H2,22,23,24). The van der Waals surface area contributed by atoms with E-state index in [4.69, 9.17) is 14.2 Å². The second-order valence-electron chi connectivity index (χ2n) is 6.69. The number of nitrogens with zero attached hydrogens (tertiary/aromatic N) is 3. The van der Waals surface area contributed by atoms with Gasteiger partial charge >= 0.3 is 0 Å². The predicted molar refractivity (Wildman–Crippen MR) is 115 cm³/mol. The molecule has 8 nitrogen and oxygen atoms in total. The van der Waals surface area contributed by atoms with Gasteiger partial charge in [0.05, 0.1) is 27.0 Å². The molecule has 0 spiro atoms. The lowest BCUT2D eigenvalue weighted by molar-refractivity contribution is 0.368. The van der Waals surface area contributed by atoms with Crippen LogP contribution in [-0.2, 0) is 13.0 Å². The van der Waals surface area contributed by atoms with Crippen molar-refractivity contribution in [3.63, 3.8) is 0 Å². The Morgan fingerprint density at radius 3 is 2.17 bits per heavy atom. The molecule has 2 N–H and O–H groups in total. The number of benzene rings is 1. The first-order valence-electron chi connectivity index (χ1n) is 9.76. The van der Waals surface area contributed by atoms with Crippen molar-refractivity contribution < 1.29 is 14.2 Å². The van der Waals surface area contributed by atoms with Crippen molar-refractivity contribution in [1.82, 2.24) is 20.4 Å². The monoisotopic (exact) mass is 403 g/mol. The maximum Gasteiger partial charge on any atom is 0.190 e. The highest BCUT2D eigenvalue weighted by atomic mass is 16.5. The van der Waals surface area contributed by atoms with Gasteiger partial charge in [0.25, 0.3) is 0 Å². The summed E-state index contributed by atoms with van der Waals surface area (Å²) in [5.41, 5.74) is 3.23. The minimum atomic E-state index is 0.691. The highest BCUT2D eigenvalue weighted by molar-refractivity contribution is 5.79. The third-order valence-electron chi connectivity index (χ3n) is 4.65. The summed E-state index contributed by atoms with van der Waals surface area (Å²) in [5.74, 6) is 2.96. The molecule has 0 aliphatic carbocycles. The van der Waals surface area contributed by atoms with Gasteiger partial charge in [0.1, 0.15) is 17.2 Å². The fraction of sp³-hybridized carbons (Fsp3) is 0.524. The quantitative estimate of drug-likeness (QED) is 0.360. The Bertz CT molecular complexity index is 792. The summed E-state index contributed by atoms with van der Waals surface area (Å²) in [6.07, 6.45) is 1.69. The van der Waals surface area contributed by atoms with E-state index < -0.39 is 0 Å². The summed E-state index contributed by atoms with van der Waals surface area (Å²) < 4.78 is 18.3. The predicted octanol–water partition coefficient (Wildman–Crippen LogP) is 2.32. The van der Waals surface area contributed by atoms with Crippen LogP contribution < -0.4 is 24.8 Å². The normalized spacial score (nSPS) is 11.3. The average molecular weight is 404 g/mol. The number of aromatic nitrogens is 2. The molecule has 0 aliphatic rings. The van der Waals surface area contributed by atoms with E-state index in [1.807, 2.05) is 23.7 Å². The number of hydrogen-bond acceptors (Lipinski definition) is 5. The van der Waals surface area contributed by atoms with E-state index in [0.717, 1.165) is 54.6 Å². The molecule has 0 bridgehead atoms. The smallest absolute Gasteiger partial charge is 0.190 e. The van der Waals surface area contributed by atoms with Gasteiger partial charge in [0.15, 0.2) is 5.96 Å². The van der Waals surface area contributed by atoms with E-state index in [2.05, 4.69) is 33.7 Å². The van der Waals surface area contributed by atoms with Crippen molar-refractivity contribution in [3.8, 4) is 17.2 Å². The van der Waals surface area contributed by atoms with Crippen molar-refractivity contribution in [2.75, 3.05) is 41.5 Å². The number of ether oxygens (including phenoxy) is 3. The largest absolute Gasteiger partial charge is 0.496 e. The molecule has 0 fully saturated rings. The van der Waals surface area contributed by atoms with E-state index >= 15 is 0 Å². The fourth-order valence-electron chi connectivity index (χ4n) is 3.19. The van der Waals surface area contributed by atoms with Gasteiger partial charge in [-0.15, -0.1) is 0 Å². The van der Waals surface area contributed by atoms with E-state index in [1.165, 1.54) is 5.69 Å². The molecule has 8 heteroatoms. The van der Waals surface area contributed by atoms with Crippen LogP contribution in [0, 0.1) is 13.8 Å². The summed E-state index contributed by atoms with van der Waals surface area (Å²) >= 11 is 0. The van der Waals surface area contributed by atoms with Gasteiger partial charge in [-0.2, -0.15) is 5.10 Å². The van der Waals surface area contributed by atoms with Gasteiger partial charge in [-0.25, -0.2) is 0 Å². The van der Waals surface area contributed by atoms with Crippen molar-refractivity contribution >= 4 is 5.96 Å². The Morgan fingerprint density at radius 2 is 1.66 bits per heavy atom. The number of methoxy groups -OCH3 is 3. The van der Waals surface area contributed by atoms with Crippen molar-refractivity contribution in [1.29, 1.82) is 0 Å². The Balaban J connectivity index is 1.83. The topological polar surface area (TPSA) is 81.9 Å². The van der Waals surface area contributed by atoms with Gasteiger partial charge in [0.2, 0.25) is 0 Å². The second-order valence-corrected chi connectivity index (χ2v) is 6.69. The van der Waals surface area contributed by atoms with Crippen LogP contribution in [0.2, 0.25) is 0 Å². The summed E-state index contributed by atoms with van der Waals surface area (Å²) in [4.78, 5) is 4.29. The van der Waals surface area contributed by atoms with Crippen molar-refractivity contribution in [2.24, 2.45) is 4.99 Å². The molecule has 0 saturated heterocycles. The first kappa shape index (κ1) is 22.4. The lowest BCUT2D eigenvalue weighted by Crippen LogP contribution is -2.39. The molecule has 0 amide bonds. The van der Waals surface area contributed by atoms with Crippen LogP contribution in [0.4, 0.5) is 0 Å². The zero-order chi connectivity index (χ0) is 21.2. The Hall–Kier alpha value is -2.90. The van der Waals surface area contributed by atoms with Crippen LogP contribution in [0.3, 0.4) is 0 Å². The third kappa shape index (κ3) is 6.30. The second kappa shape index (κ2) is 11.2. The van der Waals surface area contributed by atoms with Gasteiger partial charge in [-0.05, 0) is 32.8 Å². The summed E-state index contributed by atoms with van der Waals surface area (Å²) in [7, 11) is 6.69. The van der Waals surface area contributed by atoms with Crippen LogP contribution >= 0.6 is 0 Å². The average Bonchev–Trinajstić information content (AvgIpc) is 3.06. The molecule has 1 heterocycles. The van der Waals surface area contributed by atoms with E-state index in [9.17, 15) is 0 Å². The molecule has 1 aromatic heterocycles. The molecule has 29 heavy (non-hydrogen) atoms. The van der Waals surface area contributed by atoms with Gasteiger partial charge in [-0.3, -0.25) is 9.67 Å². The lowest BCUT2D eigenvalue weighted by Gasteiger charge is -2.16. The molecule has 1 aromatic carbocycles. The highest BCUT2D eigenvalue weighted by Crippen LogP contribution is 2.34. The molecule has 0 aliphatic heterocycles. The zero-order valence-electron chi connectivity index (χ0n) is 18.3. The molecule has 0 radical (unpaired) electrons. The first-order chi connectivity index (χ1) is 14.0. The van der Waals surface area contributed by atoms with Crippen molar-refractivity contribution in [3.05, 3.63) is 35.2 Å². The van der Waals surface area contributed by atoms with Crippen LogP contribution in [0.25, 0.3) is 0 Å². The zero-order valence-corrected chi connectivity index (χ0v) is 18.3. The molecule has 0 atom stereocenters. The fourth-order valence-corrected chi connectivity index (χ4v) is 3.19. The molecule has 0 saturated carbocycles. The molecule has 2 rings (SSSR count). The number of guanidine groups is 1. The van der Waals surface area contributed by atoms with E-state index in [-0.39, 0.29) is 0 Å². The molecule has 0 unspecified atom stereocenters. The summed E-state index contributed by atoms with van der Waals surface area (Å²) in [6, 6.07) is 5.82. The maximum absolute atomic E-state index is 5.51. The highest BCUT2D eigenvalue weighted by Gasteiger charge is 2.13. The number of rotatable bonds is 10. The SMILES string of the molecule is CN=C(NCCCn1nc(C)cc1C)NCCc1c(OC)cc(OC)cc1OC. The Labute approximate surface area is 173 Å². The van der Waals surface area contributed by atoms with Crippen LogP contribution in [0.5, 0.6) is 17.2 Å². The molecule has 160 valence electrons. The minimum absolute atomic E-state index is 0.691. The van der Waals surface area contributed by atoms with Gasteiger partial charge in [0, 0.05) is 50.1 Å². The number of aryl methyl sites for hydroxylation is 3. The van der Waals surface area contributed by atoms with Crippen LogP contribution in [-0.4, -0.2) is 57.2 Å². The molecule has 2 aromatic rings. The number of aliphatic imine (C=N–C) groups is 1. The number of hydrogen-bond donors (Lipinski definition) is 2. The minimum Gasteiger partial charge on any atom is -0.496 e. The summed E-state index contributed by atoms with van der Waals surface area (Å²) in [5, 5.41) is 11.2. The molecular weight excluding hydrogens is 370 g/mol. The summed E-state index contributed by atoms with van der Waals surface area (Å²) in [6.45, 7) is 6.48. The Morgan fingerprint density at radius 1 is 1.00 bits per heavy atom. The Kier molecular flexibility index (Phi) is 8.64. The van der Waals surface area contributed by atoms with E-state index in [1.54, 1.807) is 28.4 Å². The number of nitrogens with one attached hydrogen (secondary N) is 2. The van der Waals surface area contributed by atoms with Crippen molar-refractivity contribution in [2.45, 2.75) is 33.2 Å². The molecular formula is C21H33N5O3. The third-order valence-corrected chi connectivity index (χ3v) is 4.65. The maximum atomic E-state index is 5.51. The van der Waals surface area contributed by atoms with Crippen LogP contribution in [0.15, 0.2) is 23.2 Å². The van der Waals surface area contributed by atoms with Gasteiger partial charge < -0.3 is 24.8 Å². The van der Waals surface area contributed by atoms with Gasteiger partial charge in [-0.1, -0.05) is 0 Å². The van der Waals surface area contributed by atoms with Crippen LogP contribution in [0.1, 0.15) is 23.4 Å². The van der Waals surface area contributed by atoms with E-state index in [0.29, 0.717) is 12.3 Å².